The molecule has 2 aliphatic rings. The van der Waals surface area contributed by atoms with Gasteiger partial charge in [0.2, 0.25) is 5.91 Å². The third-order valence-electron chi connectivity index (χ3n) is 6.75. The Morgan fingerprint density at radius 3 is 2.60 bits per heavy atom. The first kappa shape index (κ1) is 23.4. The van der Waals surface area contributed by atoms with Crippen LogP contribution in [0, 0.1) is 0 Å². The lowest BCUT2D eigenvalue weighted by Crippen LogP contribution is -2.45. The fourth-order valence-corrected chi connectivity index (χ4v) is 5.04. The standard InChI is InChI=1S/C30H34N2O3/c33-30(21-23-8-6-12-28(19-23)35-27-10-2-1-3-11-27)31-26(22-32-15-4-5-16-32)18-24-13-14-25-9-7-17-34-29(25)20-24/h1-3,6,8,10-14,19-20,26H,4-5,7,9,15-18,21-22H2,(H,31,33)/t26-/m0/s1. The zero-order chi connectivity index (χ0) is 23.9. The number of fused-ring (bicyclic) bond motifs is 1. The van der Waals surface area contributed by atoms with E-state index in [1.54, 1.807) is 0 Å². The Morgan fingerprint density at radius 2 is 1.74 bits per heavy atom. The van der Waals surface area contributed by atoms with E-state index in [2.05, 4.69) is 28.4 Å². The Labute approximate surface area is 208 Å². The van der Waals surface area contributed by atoms with Crippen molar-refractivity contribution in [3.8, 4) is 17.2 Å². The summed E-state index contributed by atoms with van der Waals surface area (Å²) in [6, 6.07) is 24.1. The number of likely N-dealkylation sites (tertiary alicyclic amines) is 1. The average molecular weight is 471 g/mol. The van der Waals surface area contributed by atoms with Gasteiger partial charge in [-0.25, -0.2) is 0 Å². The van der Waals surface area contributed by atoms with Gasteiger partial charge < -0.3 is 19.7 Å². The number of nitrogens with zero attached hydrogens (tertiary/aromatic N) is 1. The summed E-state index contributed by atoms with van der Waals surface area (Å²) in [7, 11) is 0. The molecule has 1 fully saturated rings. The van der Waals surface area contributed by atoms with Gasteiger partial charge in [0.1, 0.15) is 17.2 Å². The van der Waals surface area contributed by atoms with Crippen LogP contribution in [0.3, 0.4) is 0 Å². The number of benzene rings is 3. The third-order valence-corrected chi connectivity index (χ3v) is 6.75. The quantitative estimate of drug-likeness (QED) is 0.469. The van der Waals surface area contributed by atoms with Gasteiger partial charge >= 0.3 is 0 Å². The molecule has 0 unspecified atom stereocenters. The molecule has 182 valence electrons. The van der Waals surface area contributed by atoms with Gasteiger partial charge in [-0.3, -0.25) is 4.79 Å². The summed E-state index contributed by atoms with van der Waals surface area (Å²) in [4.78, 5) is 15.6. The molecule has 0 spiro atoms. The zero-order valence-electron chi connectivity index (χ0n) is 20.2. The molecule has 35 heavy (non-hydrogen) atoms. The van der Waals surface area contributed by atoms with Crippen LogP contribution in [-0.2, 0) is 24.1 Å². The van der Waals surface area contributed by atoms with Gasteiger partial charge in [-0.15, -0.1) is 0 Å². The highest BCUT2D eigenvalue weighted by molar-refractivity contribution is 5.79. The number of para-hydroxylation sites is 1. The minimum Gasteiger partial charge on any atom is -0.493 e. The molecule has 1 N–H and O–H groups in total. The van der Waals surface area contributed by atoms with Crippen LogP contribution < -0.4 is 14.8 Å². The van der Waals surface area contributed by atoms with Crippen LogP contribution in [0.2, 0.25) is 0 Å². The van der Waals surface area contributed by atoms with Crippen molar-refractivity contribution in [3.63, 3.8) is 0 Å². The molecular weight excluding hydrogens is 436 g/mol. The molecule has 0 bridgehead atoms. The van der Waals surface area contributed by atoms with E-state index in [9.17, 15) is 4.79 Å². The minimum atomic E-state index is 0.0419. The highest BCUT2D eigenvalue weighted by atomic mass is 16.5. The van der Waals surface area contributed by atoms with Gasteiger partial charge in [-0.1, -0.05) is 42.5 Å². The number of nitrogens with one attached hydrogen (secondary N) is 1. The first-order valence-electron chi connectivity index (χ1n) is 12.8. The number of aryl methyl sites for hydroxylation is 1. The van der Waals surface area contributed by atoms with E-state index in [4.69, 9.17) is 9.47 Å². The van der Waals surface area contributed by atoms with Gasteiger partial charge in [0, 0.05) is 12.6 Å². The van der Waals surface area contributed by atoms with Crippen molar-refractivity contribution in [1.29, 1.82) is 0 Å². The highest BCUT2D eigenvalue weighted by Gasteiger charge is 2.21. The number of carbonyl (C=O) groups excluding carboxylic acids is 1. The summed E-state index contributed by atoms with van der Waals surface area (Å²) in [5.41, 5.74) is 3.45. The van der Waals surface area contributed by atoms with Crippen molar-refractivity contribution < 1.29 is 14.3 Å². The molecule has 0 saturated carbocycles. The Bertz CT molecular complexity index is 1130. The zero-order valence-corrected chi connectivity index (χ0v) is 20.2. The van der Waals surface area contributed by atoms with Crippen LogP contribution in [0.5, 0.6) is 17.2 Å². The molecule has 0 radical (unpaired) electrons. The molecule has 2 heterocycles. The van der Waals surface area contributed by atoms with Crippen LogP contribution in [-0.4, -0.2) is 43.1 Å². The second-order valence-electron chi connectivity index (χ2n) is 9.61. The van der Waals surface area contributed by atoms with Crippen molar-refractivity contribution in [3.05, 3.63) is 89.5 Å². The largest absolute Gasteiger partial charge is 0.493 e. The summed E-state index contributed by atoms with van der Waals surface area (Å²) >= 11 is 0. The Hall–Kier alpha value is -3.31. The van der Waals surface area contributed by atoms with E-state index in [-0.39, 0.29) is 11.9 Å². The topological polar surface area (TPSA) is 50.8 Å². The van der Waals surface area contributed by atoms with E-state index in [1.165, 1.54) is 24.0 Å². The van der Waals surface area contributed by atoms with Crippen molar-refractivity contribution in [2.45, 2.75) is 44.6 Å². The van der Waals surface area contributed by atoms with E-state index >= 15 is 0 Å². The normalized spacial score (nSPS) is 16.2. The fourth-order valence-electron chi connectivity index (χ4n) is 5.04. The maximum absolute atomic E-state index is 13.1. The van der Waals surface area contributed by atoms with E-state index in [1.807, 2.05) is 54.6 Å². The van der Waals surface area contributed by atoms with Crippen LogP contribution in [0.25, 0.3) is 0 Å². The summed E-state index contributed by atoms with van der Waals surface area (Å²) in [5, 5.41) is 3.33. The molecule has 0 aliphatic carbocycles. The second-order valence-corrected chi connectivity index (χ2v) is 9.61. The molecule has 3 aromatic carbocycles. The van der Waals surface area contributed by atoms with Crippen LogP contribution in [0.1, 0.15) is 36.0 Å². The highest BCUT2D eigenvalue weighted by Crippen LogP contribution is 2.27. The third kappa shape index (κ3) is 6.64. The van der Waals surface area contributed by atoms with Crippen molar-refractivity contribution in [2.75, 3.05) is 26.2 Å². The lowest BCUT2D eigenvalue weighted by atomic mass is 9.99. The summed E-state index contributed by atoms with van der Waals surface area (Å²) in [6.45, 7) is 3.88. The number of hydrogen-bond donors (Lipinski definition) is 1. The number of rotatable bonds is 9. The fraction of sp³-hybridized carbons (Fsp3) is 0.367. The SMILES string of the molecule is O=C(Cc1cccc(Oc2ccccc2)c1)N[C@@H](Cc1ccc2c(c1)OCCC2)CN1CCCC1. The molecule has 5 heteroatoms. The van der Waals surface area contributed by atoms with Crippen LogP contribution in [0.15, 0.2) is 72.8 Å². The molecule has 1 saturated heterocycles. The van der Waals surface area contributed by atoms with Gasteiger partial charge in [0.05, 0.1) is 13.0 Å². The van der Waals surface area contributed by atoms with Crippen molar-refractivity contribution >= 4 is 5.91 Å². The number of ether oxygens (including phenoxy) is 2. The lowest BCUT2D eigenvalue weighted by Gasteiger charge is -2.25. The molecule has 5 nitrogen and oxygen atoms in total. The first-order valence-corrected chi connectivity index (χ1v) is 12.8. The summed E-state index contributed by atoms with van der Waals surface area (Å²) in [6.07, 6.45) is 5.77. The maximum Gasteiger partial charge on any atom is 0.224 e. The van der Waals surface area contributed by atoms with Crippen LogP contribution >= 0.6 is 0 Å². The van der Waals surface area contributed by atoms with E-state index < -0.39 is 0 Å². The Kier molecular flexibility index (Phi) is 7.64. The van der Waals surface area contributed by atoms with Gasteiger partial charge in [-0.05, 0) is 92.2 Å². The summed E-state index contributed by atoms with van der Waals surface area (Å²) in [5.74, 6) is 2.58. The predicted octanol–water partition coefficient (Wildman–Crippen LogP) is 5.17. The van der Waals surface area contributed by atoms with Gasteiger partial charge in [-0.2, -0.15) is 0 Å². The molecule has 0 aromatic heterocycles. The second kappa shape index (κ2) is 11.4. The molecule has 5 rings (SSSR count). The van der Waals surface area contributed by atoms with Gasteiger partial charge in [0.15, 0.2) is 0 Å². The van der Waals surface area contributed by atoms with E-state index in [0.29, 0.717) is 6.42 Å². The van der Waals surface area contributed by atoms with E-state index in [0.717, 1.165) is 68.3 Å². The number of amides is 1. The van der Waals surface area contributed by atoms with Crippen molar-refractivity contribution in [2.24, 2.45) is 0 Å². The monoisotopic (exact) mass is 470 g/mol. The van der Waals surface area contributed by atoms with Gasteiger partial charge in [0.25, 0.3) is 0 Å². The van der Waals surface area contributed by atoms with Crippen molar-refractivity contribution in [1.82, 2.24) is 10.2 Å². The first-order chi connectivity index (χ1) is 17.2. The average Bonchev–Trinajstić information content (AvgIpc) is 3.38. The smallest absolute Gasteiger partial charge is 0.224 e. The van der Waals surface area contributed by atoms with Crippen LogP contribution in [0.4, 0.5) is 0 Å². The summed E-state index contributed by atoms with van der Waals surface area (Å²) < 4.78 is 11.8. The Morgan fingerprint density at radius 1 is 0.914 bits per heavy atom. The molecule has 1 atom stereocenters. The number of carbonyl (C=O) groups is 1. The molecule has 1 amide bonds. The predicted molar refractivity (Wildman–Crippen MR) is 138 cm³/mol. The number of hydrogen-bond acceptors (Lipinski definition) is 4. The molecular formula is C30H34N2O3. The minimum absolute atomic E-state index is 0.0419. The molecule has 2 aliphatic heterocycles. The Balaban J connectivity index is 1.24. The maximum atomic E-state index is 13.1. The molecule has 3 aromatic rings. The lowest BCUT2D eigenvalue weighted by molar-refractivity contribution is -0.121.